The zero-order valence-electron chi connectivity index (χ0n) is 17.0. The van der Waals surface area contributed by atoms with Gasteiger partial charge in [-0.2, -0.15) is 0 Å². The molecule has 3 rings (SSSR count). The molecule has 1 heterocycles. The topological polar surface area (TPSA) is 51.5 Å². The summed E-state index contributed by atoms with van der Waals surface area (Å²) in [6, 6.07) is 12.0. The third-order valence-electron chi connectivity index (χ3n) is 4.58. The molecule has 0 aliphatic heterocycles. The van der Waals surface area contributed by atoms with E-state index in [9.17, 15) is 4.39 Å². The van der Waals surface area contributed by atoms with Crippen LogP contribution in [-0.2, 0) is 13.1 Å². The van der Waals surface area contributed by atoms with E-state index in [4.69, 9.17) is 21.7 Å². The Morgan fingerprint density at radius 1 is 1.13 bits per heavy atom. The first-order valence-electron chi connectivity index (χ1n) is 9.56. The molecular formula is C22H25FN4O2S. The van der Waals surface area contributed by atoms with E-state index in [-0.39, 0.29) is 5.82 Å². The quantitative estimate of drug-likeness (QED) is 0.512. The second-order valence-corrected chi connectivity index (χ2v) is 7.12. The normalized spacial score (nSPS) is 10.5. The molecule has 6 nitrogen and oxygen atoms in total. The van der Waals surface area contributed by atoms with Crippen LogP contribution in [0.5, 0.6) is 11.5 Å². The van der Waals surface area contributed by atoms with Crippen molar-refractivity contribution in [2.24, 2.45) is 0 Å². The van der Waals surface area contributed by atoms with Crippen molar-refractivity contribution in [1.82, 2.24) is 14.5 Å². The van der Waals surface area contributed by atoms with E-state index in [1.165, 1.54) is 12.1 Å². The van der Waals surface area contributed by atoms with Gasteiger partial charge < -0.3 is 24.3 Å². The number of benzene rings is 2. The van der Waals surface area contributed by atoms with E-state index < -0.39 is 0 Å². The van der Waals surface area contributed by atoms with Crippen molar-refractivity contribution in [2.45, 2.75) is 19.5 Å². The maximum atomic E-state index is 13.3. The van der Waals surface area contributed by atoms with Gasteiger partial charge in [0.15, 0.2) is 5.11 Å². The zero-order valence-corrected chi connectivity index (χ0v) is 17.9. The number of thiocarbonyl (C=S) groups is 1. The highest BCUT2D eigenvalue weighted by atomic mass is 32.1. The largest absolute Gasteiger partial charge is 0.497 e. The summed E-state index contributed by atoms with van der Waals surface area (Å²) >= 11 is 5.69. The van der Waals surface area contributed by atoms with Gasteiger partial charge in [0.25, 0.3) is 0 Å². The summed E-state index contributed by atoms with van der Waals surface area (Å²) in [5.41, 5.74) is 1.75. The Bertz CT molecular complexity index is 926. The van der Waals surface area contributed by atoms with Gasteiger partial charge in [0.2, 0.25) is 0 Å². The van der Waals surface area contributed by atoms with Gasteiger partial charge >= 0.3 is 0 Å². The number of ether oxygens (including phenoxy) is 2. The highest BCUT2D eigenvalue weighted by Gasteiger charge is 2.12. The van der Waals surface area contributed by atoms with Crippen LogP contribution >= 0.6 is 12.2 Å². The summed E-state index contributed by atoms with van der Waals surface area (Å²) < 4.78 is 26.0. The Balaban J connectivity index is 1.72. The first-order valence-corrected chi connectivity index (χ1v) is 9.97. The van der Waals surface area contributed by atoms with E-state index in [1.807, 2.05) is 22.9 Å². The van der Waals surface area contributed by atoms with Crippen LogP contribution in [0.4, 0.5) is 10.1 Å². The molecule has 1 aromatic heterocycles. The lowest BCUT2D eigenvalue weighted by Crippen LogP contribution is -2.35. The van der Waals surface area contributed by atoms with Gasteiger partial charge in [0.1, 0.15) is 17.3 Å². The summed E-state index contributed by atoms with van der Waals surface area (Å²) in [5.74, 6) is 1.09. The van der Waals surface area contributed by atoms with Crippen LogP contribution in [0.15, 0.2) is 61.2 Å². The molecule has 0 saturated carbocycles. The minimum absolute atomic E-state index is 0.255. The summed E-state index contributed by atoms with van der Waals surface area (Å²) in [4.78, 5) is 6.13. The van der Waals surface area contributed by atoms with E-state index in [1.54, 1.807) is 44.9 Å². The summed E-state index contributed by atoms with van der Waals surface area (Å²) in [6.07, 6.45) is 6.37. The first-order chi connectivity index (χ1) is 14.6. The second kappa shape index (κ2) is 10.6. The minimum Gasteiger partial charge on any atom is -0.497 e. The van der Waals surface area contributed by atoms with Crippen LogP contribution < -0.4 is 14.8 Å². The molecule has 0 atom stereocenters. The van der Waals surface area contributed by atoms with Gasteiger partial charge in [-0.3, -0.25) is 0 Å². The molecule has 8 heteroatoms. The average molecular weight is 429 g/mol. The zero-order chi connectivity index (χ0) is 21.3. The lowest BCUT2D eigenvalue weighted by Gasteiger charge is -2.26. The molecule has 0 amide bonds. The monoisotopic (exact) mass is 428 g/mol. The number of imidazole rings is 1. The Labute approximate surface area is 181 Å². The molecule has 0 aliphatic rings. The molecule has 0 fully saturated rings. The molecule has 158 valence electrons. The maximum Gasteiger partial charge on any atom is 0.173 e. The number of methoxy groups -OCH3 is 2. The predicted molar refractivity (Wildman–Crippen MR) is 119 cm³/mol. The molecule has 1 N–H and O–H groups in total. The number of aryl methyl sites for hydroxylation is 1. The number of nitrogens with one attached hydrogen (secondary N) is 1. The summed E-state index contributed by atoms with van der Waals surface area (Å²) in [7, 11) is 3.21. The molecule has 0 unspecified atom stereocenters. The van der Waals surface area contributed by atoms with E-state index in [2.05, 4.69) is 15.2 Å². The molecule has 3 aromatic rings. The van der Waals surface area contributed by atoms with Gasteiger partial charge in [-0.1, -0.05) is 12.1 Å². The lowest BCUT2D eigenvalue weighted by atomic mass is 10.2. The highest BCUT2D eigenvalue weighted by Crippen LogP contribution is 2.26. The third kappa shape index (κ3) is 6.18. The van der Waals surface area contributed by atoms with Gasteiger partial charge in [-0.25, -0.2) is 9.37 Å². The Kier molecular flexibility index (Phi) is 7.62. The Morgan fingerprint density at radius 3 is 2.43 bits per heavy atom. The van der Waals surface area contributed by atoms with Gasteiger partial charge in [0.05, 0.1) is 20.5 Å². The van der Waals surface area contributed by atoms with Crippen molar-refractivity contribution in [2.75, 3.05) is 26.1 Å². The standard InChI is InChI=1S/C22H25FN4O2S/c1-28-20-12-19(13-21(14-20)29-2)25-22(30)27(10-3-9-26-11-8-24-16-26)15-17-4-6-18(23)7-5-17/h4-8,11-14,16H,3,9-10,15H2,1-2H3,(H,25,30). The van der Waals surface area contributed by atoms with Crippen LogP contribution in [0.1, 0.15) is 12.0 Å². The average Bonchev–Trinajstić information content (AvgIpc) is 3.27. The van der Waals surface area contributed by atoms with Crippen molar-refractivity contribution in [3.63, 3.8) is 0 Å². The number of aromatic nitrogens is 2. The van der Waals surface area contributed by atoms with Gasteiger partial charge in [-0.05, 0) is 36.3 Å². The number of hydrogen-bond donors (Lipinski definition) is 1. The molecule has 0 radical (unpaired) electrons. The fraction of sp³-hybridized carbons (Fsp3) is 0.273. The number of rotatable bonds is 9. The molecule has 30 heavy (non-hydrogen) atoms. The SMILES string of the molecule is COc1cc(NC(=S)N(CCCn2ccnc2)Cc2ccc(F)cc2)cc(OC)c1. The van der Waals surface area contributed by atoms with E-state index >= 15 is 0 Å². The molecular weight excluding hydrogens is 403 g/mol. The Morgan fingerprint density at radius 2 is 1.83 bits per heavy atom. The van der Waals surface area contributed by atoms with Crippen LogP contribution in [-0.4, -0.2) is 40.3 Å². The summed E-state index contributed by atoms with van der Waals surface area (Å²) in [6.45, 7) is 2.12. The second-order valence-electron chi connectivity index (χ2n) is 6.73. The van der Waals surface area contributed by atoms with Crippen LogP contribution in [0.2, 0.25) is 0 Å². The van der Waals surface area contributed by atoms with Crippen molar-refractivity contribution in [3.8, 4) is 11.5 Å². The smallest absolute Gasteiger partial charge is 0.173 e. The fourth-order valence-corrected chi connectivity index (χ4v) is 3.28. The van der Waals surface area contributed by atoms with Crippen LogP contribution in [0.25, 0.3) is 0 Å². The fourth-order valence-electron chi connectivity index (χ4n) is 3.01. The number of anilines is 1. The molecule has 2 aromatic carbocycles. The number of nitrogens with zero attached hydrogens (tertiary/aromatic N) is 3. The van der Waals surface area contributed by atoms with Crippen molar-refractivity contribution >= 4 is 23.0 Å². The lowest BCUT2D eigenvalue weighted by molar-refractivity contribution is 0.393. The predicted octanol–water partition coefficient (Wildman–Crippen LogP) is 4.33. The third-order valence-corrected chi connectivity index (χ3v) is 4.94. The Hall–Kier alpha value is -3.13. The summed E-state index contributed by atoms with van der Waals surface area (Å²) in [5, 5.41) is 3.84. The van der Waals surface area contributed by atoms with Crippen molar-refractivity contribution in [1.29, 1.82) is 0 Å². The number of hydrogen-bond acceptors (Lipinski definition) is 4. The van der Waals surface area contributed by atoms with Gasteiger partial charge in [0, 0.05) is 55.9 Å². The van der Waals surface area contributed by atoms with Gasteiger partial charge in [-0.15, -0.1) is 0 Å². The van der Waals surface area contributed by atoms with Crippen molar-refractivity contribution < 1.29 is 13.9 Å². The van der Waals surface area contributed by atoms with Crippen LogP contribution in [0, 0.1) is 5.82 Å². The molecule has 0 bridgehead atoms. The number of halogens is 1. The maximum absolute atomic E-state index is 13.3. The molecule has 0 aliphatic carbocycles. The van der Waals surface area contributed by atoms with Crippen LogP contribution in [0.3, 0.4) is 0 Å². The van der Waals surface area contributed by atoms with E-state index in [0.717, 1.165) is 30.8 Å². The highest BCUT2D eigenvalue weighted by molar-refractivity contribution is 7.80. The molecule has 0 spiro atoms. The molecule has 0 saturated heterocycles. The van der Waals surface area contributed by atoms with Crippen molar-refractivity contribution in [3.05, 3.63) is 72.6 Å². The van der Waals surface area contributed by atoms with E-state index in [0.29, 0.717) is 23.2 Å². The minimum atomic E-state index is -0.255. The first kappa shape index (κ1) is 21.6.